The topological polar surface area (TPSA) is 39.7 Å². The smallest absolute Gasteiger partial charge is 0.163 e. The summed E-state index contributed by atoms with van der Waals surface area (Å²) in [6, 6.07) is 6.27. The molecule has 0 bridgehead atoms. The first-order valence-electron chi connectivity index (χ1n) is 5.48. The van der Waals surface area contributed by atoms with Crippen molar-refractivity contribution in [3.05, 3.63) is 18.2 Å². The molecule has 1 aromatic carbocycles. The van der Waals surface area contributed by atoms with Gasteiger partial charge in [-0.3, -0.25) is 0 Å². The Labute approximate surface area is 95.5 Å². The molecule has 0 spiro atoms. The Bertz CT molecular complexity index is 350. The van der Waals surface area contributed by atoms with Crippen LogP contribution in [0, 0.1) is 0 Å². The molecule has 2 rings (SSSR count). The zero-order chi connectivity index (χ0) is 11.4. The van der Waals surface area contributed by atoms with E-state index in [0.717, 1.165) is 30.4 Å². The second-order valence-corrected chi connectivity index (χ2v) is 3.68. The number of hydrogen-bond donors (Lipinski definition) is 1. The maximum absolute atomic E-state index is 5.51. The summed E-state index contributed by atoms with van der Waals surface area (Å²) in [5.41, 5.74) is 1.04. The van der Waals surface area contributed by atoms with Crippen LogP contribution in [0.5, 0.6) is 11.5 Å². The monoisotopic (exact) mass is 223 g/mol. The predicted molar refractivity (Wildman–Crippen MR) is 62.4 cm³/mol. The van der Waals surface area contributed by atoms with Crippen molar-refractivity contribution in [1.29, 1.82) is 0 Å². The Morgan fingerprint density at radius 2 is 2.19 bits per heavy atom. The zero-order valence-electron chi connectivity index (χ0n) is 9.66. The van der Waals surface area contributed by atoms with E-state index in [4.69, 9.17) is 14.2 Å². The van der Waals surface area contributed by atoms with Gasteiger partial charge in [0.15, 0.2) is 11.5 Å². The van der Waals surface area contributed by atoms with Gasteiger partial charge >= 0.3 is 0 Å². The Balaban J connectivity index is 2.09. The summed E-state index contributed by atoms with van der Waals surface area (Å²) in [6.07, 6.45) is 0. The summed E-state index contributed by atoms with van der Waals surface area (Å²) in [5.74, 6) is 1.53. The summed E-state index contributed by atoms with van der Waals surface area (Å²) in [5, 5.41) is 3.37. The molecule has 4 nitrogen and oxygen atoms in total. The molecule has 0 unspecified atom stereocenters. The fourth-order valence-corrected chi connectivity index (χ4v) is 1.59. The van der Waals surface area contributed by atoms with Crippen molar-refractivity contribution in [2.45, 2.75) is 13.0 Å². The zero-order valence-corrected chi connectivity index (χ0v) is 9.66. The molecular formula is C12H17NO3. The minimum Gasteiger partial charge on any atom is -0.493 e. The van der Waals surface area contributed by atoms with E-state index in [1.54, 1.807) is 7.11 Å². The fraction of sp³-hybridized carbons (Fsp3) is 0.500. The van der Waals surface area contributed by atoms with Gasteiger partial charge in [-0.2, -0.15) is 0 Å². The van der Waals surface area contributed by atoms with E-state index >= 15 is 0 Å². The van der Waals surface area contributed by atoms with Crippen LogP contribution in [0.4, 0.5) is 5.69 Å². The number of methoxy groups -OCH3 is 1. The van der Waals surface area contributed by atoms with Gasteiger partial charge in [0.25, 0.3) is 0 Å². The van der Waals surface area contributed by atoms with Crippen LogP contribution in [0.15, 0.2) is 18.2 Å². The van der Waals surface area contributed by atoms with Crippen LogP contribution < -0.4 is 14.8 Å². The quantitative estimate of drug-likeness (QED) is 0.827. The van der Waals surface area contributed by atoms with Crippen LogP contribution in [-0.4, -0.2) is 33.0 Å². The number of anilines is 1. The molecule has 0 atom stereocenters. The summed E-state index contributed by atoms with van der Waals surface area (Å²) in [4.78, 5) is 0. The highest BCUT2D eigenvalue weighted by atomic mass is 16.5. The highest BCUT2D eigenvalue weighted by Gasteiger charge is 2.18. The van der Waals surface area contributed by atoms with Crippen molar-refractivity contribution in [1.82, 2.24) is 0 Å². The average molecular weight is 223 g/mol. The van der Waals surface area contributed by atoms with Crippen molar-refractivity contribution in [2.24, 2.45) is 0 Å². The van der Waals surface area contributed by atoms with E-state index in [2.05, 4.69) is 5.32 Å². The molecule has 1 aliphatic heterocycles. The summed E-state index contributed by atoms with van der Waals surface area (Å²) in [6.45, 7) is 4.14. The lowest BCUT2D eigenvalue weighted by Gasteiger charge is -2.28. The van der Waals surface area contributed by atoms with Gasteiger partial charge in [-0.1, -0.05) is 0 Å². The lowest BCUT2D eigenvalue weighted by molar-refractivity contribution is 0.0211. The van der Waals surface area contributed by atoms with Crippen molar-refractivity contribution in [2.75, 3.05) is 32.2 Å². The second-order valence-electron chi connectivity index (χ2n) is 3.68. The van der Waals surface area contributed by atoms with Crippen LogP contribution in [0.3, 0.4) is 0 Å². The third kappa shape index (κ3) is 2.39. The predicted octanol–water partition coefficient (Wildman–Crippen LogP) is 1.90. The van der Waals surface area contributed by atoms with Crippen molar-refractivity contribution in [3.8, 4) is 11.5 Å². The largest absolute Gasteiger partial charge is 0.493 e. The maximum atomic E-state index is 5.51. The first-order valence-corrected chi connectivity index (χ1v) is 5.48. The van der Waals surface area contributed by atoms with Gasteiger partial charge < -0.3 is 19.5 Å². The number of nitrogens with one attached hydrogen (secondary N) is 1. The van der Waals surface area contributed by atoms with Gasteiger partial charge in [0.05, 0.1) is 33.0 Å². The van der Waals surface area contributed by atoms with Crippen LogP contribution in [0.1, 0.15) is 6.92 Å². The molecule has 1 saturated heterocycles. The van der Waals surface area contributed by atoms with E-state index in [0.29, 0.717) is 12.6 Å². The third-order valence-corrected chi connectivity index (χ3v) is 2.47. The first kappa shape index (κ1) is 11.1. The van der Waals surface area contributed by atoms with Gasteiger partial charge in [0.2, 0.25) is 0 Å². The minimum absolute atomic E-state index is 0.419. The van der Waals surface area contributed by atoms with Crippen LogP contribution in [0.2, 0.25) is 0 Å². The molecule has 0 radical (unpaired) electrons. The van der Waals surface area contributed by atoms with Gasteiger partial charge in [-0.05, 0) is 19.1 Å². The van der Waals surface area contributed by atoms with E-state index in [-0.39, 0.29) is 0 Å². The molecule has 16 heavy (non-hydrogen) atoms. The van der Waals surface area contributed by atoms with Gasteiger partial charge in [-0.25, -0.2) is 0 Å². The van der Waals surface area contributed by atoms with E-state index in [9.17, 15) is 0 Å². The van der Waals surface area contributed by atoms with Crippen molar-refractivity contribution >= 4 is 5.69 Å². The molecular weight excluding hydrogens is 206 g/mol. The van der Waals surface area contributed by atoms with E-state index in [1.165, 1.54) is 0 Å². The lowest BCUT2D eigenvalue weighted by atomic mass is 10.2. The van der Waals surface area contributed by atoms with Crippen LogP contribution in [0.25, 0.3) is 0 Å². The van der Waals surface area contributed by atoms with Crippen LogP contribution in [-0.2, 0) is 4.74 Å². The molecule has 4 heteroatoms. The van der Waals surface area contributed by atoms with Crippen LogP contribution >= 0.6 is 0 Å². The Hall–Kier alpha value is -1.42. The number of ether oxygens (including phenoxy) is 3. The second kappa shape index (κ2) is 5.07. The van der Waals surface area contributed by atoms with Crippen molar-refractivity contribution < 1.29 is 14.2 Å². The Kier molecular flexibility index (Phi) is 3.51. The number of benzene rings is 1. The molecule has 1 aromatic rings. The first-order chi connectivity index (χ1) is 7.83. The normalized spacial score (nSPS) is 15.4. The Morgan fingerprint density at radius 3 is 2.75 bits per heavy atom. The van der Waals surface area contributed by atoms with Gasteiger partial charge in [0.1, 0.15) is 0 Å². The van der Waals surface area contributed by atoms with Crippen molar-refractivity contribution in [3.63, 3.8) is 0 Å². The molecule has 88 valence electrons. The molecule has 1 aliphatic rings. The summed E-state index contributed by atoms with van der Waals surface area (Å²) >= 11 is 0. The maximum Gasteiger partial charge on any atom is 0.163 e. The summed E-state index contributed by atoms with van der Waals surface area (Å²) < 4.78 is 15.8. The van der Waals surface area contributed by atoms with E-state index < -0.39 is 0 Å². The van der Waals surface area contributed by atoms with Gasteiger partial charge in [0, 0.05) is 11.8 Å². The van der Waals surface area contributed by atoms with Gasteiger partial charge in [-0.15, -0.1) is 0 Å². The average Bonchev–Trinajstić information content (AvgIpc) is 2.24. The molecule has 0 aromatic heterocycles. The molecule has 0 saturated carbocycles. The van der Waals surface area contributed by atoms with E-state index in [1.807, 2.05) is 25.1 Å². The SMILES string of the molecule is CCOc1cc(NC2COC2)ccc1OC. The molecule has 1 heterocycles. The molecule has 1 fully saturated rings. The number of rotatable bonds is 5. The number of hydrogen-bond acceptors (Lipinski definition) is 4. The molecule has 1 N–H and O–H groups in total. The lowest BCUT2D eigenvalue weighted by Crippen LogP contribution is -2.40. The highest BCUT2D eigenvalue weighted by molar-refractivity contribution is 5.55. The summed E-state index contributed by atoms with van der Waals surface area (Å²) in [7, 11) is 1.64. The highest BCUT2D eigenvalue weighted by Crippen LogP contribution is 2.30. The fourth-order valence-electron chi connectivity index (χ4n) is 1.59. The third-order valence-electron chi connectivity index (χ3n) is 2.47. The standard InChI is InChI=1S/C12H17NO3/c1-3-16-12-6-9(4-5-11(12)14-2)13-10-7-15-8-10/h4-6,10,13H,3,7-8H2,1-2H3. The molecule has 0 amide bonds. The molecule has 0 aliphatic carbocycles. The minimum atomic E-state index is 0.419. The Morgan fingerprint density at radius 1 is 1.38 bits per heavy atom.